The number of carbonyl (C=O) groups is 1. The molecule has 146 valence electrons. The van der Waals surface area contributed by atoms with Gasteiger partial charge in [-0.2, -0.15) is 0 Å². The fourth-order valence-corrected chi connectivity index (χ4v) is 3.26. The maximum Gasteiger partial charge on any atom is 0.335 e. The van der Waals surface area contributed by atoms with E-state index in [0.717, 1.165) is 21.1 Å². The molecule has 0 aliphatic rings. The molecule has 6 nitrogen and oxygen atoms in total. The van der Waals surface area contributed by atoms with E-state index in [0.29, 0.717) is 17.3 Å². The number of H-pyrrole nitrogens is 1. The Morgan fingerprint density at radius 1 is 0.966 bits per heavy atom. The Hall–Kier alpha value is -3.32. The van der Waals surface area contributed by atoms with Crippen LogP contribution in [0.5, 0.6) is 11.5 Å². The minimum Gasteiger partial charge on any atom is -0.485 e. The highest BCUT2D eigenvalue weighted by molar-refractivity contribution is 9.10. The molecule has 0 fully saturated rings. The zero-order valence-electron chi connectivity index (χ0n) is 15.3. The number of aromatic carboxylic acids is 1. The van der Waals surface area contributed by atoms with E-state index in [-0.39, 0.29) is 18.8 Å². The van der Waals surface area contributed by atoms with Crippen molar-refractivity contribution >= 4 is 32.9 Å². The van der Waals surface area contributed by atoms with Gasteiger partial charge >= 0.3 is 5.97 Å². The molecule has 1 aromatic heterocycles. The number of hydrogen-bond donors (Lipinski definition) is 2. The Balaban J connectivity index is 1.54. The first-order valence-corrected chi connectivity index (χ1v) is 9.69. The van der Waals surface area contributed by atoms with Gasteiger partial charge in [-0.25, -0.2) is 9.78 Å². The van der Waals surface area contributed by atoms with Crippen LogP contribution in [-0.4, -0.2) is 21.0 Å². The highest BCUT2D eigenvalue weighted by Gasteiger charge is 2.13. The van der Waals surface area contributed by atoms with Gasteiger partial charge < -0.3 is 19.6 Å². The number of benzene rings is 3. The first-order chi connectivity index (χ1) is 14.1. The van der Waals surface area contributed by atoms with Crippen LogP contribution in [0.2, 0.25) is 0 Å². The predicted molar refractivity (Wildman–Crippen MR) is 112 cm³/mol. The minimum absolute atomic E-state index is 0.128. The number of aromatic nitrogens is 2. The van der Waals surface area contributed by atoms with Crippen LogP contribution in [0.1, 0.15) is 21.7 Å². The fraction of sp³-hybridized carbons (Fsp3) is 0.0909. The lowest BCUT2D eigenvalue weighted by molar-refractivity contribution is 0.0696. The molecule has 1 heterocycles. The van der Waals surface area contributed by atoms with E-state index >= 15 is 0 Å². The van der Waals surface area contributed by atoms with Gasteiger partial charge in [-0.15, -0.1) is 0 Å². The molecular weight excluding hydrogens is 436 g/mol. The summed E-state index contributed by atoms with van der Waals surface area (Å²) < 4.78 is 12.7. The number of carboxylic acid groups (broad SMARTS) is 1. The highest BCUT2D eigenvalue weighted by atomic mass is 79.9. The van der Waals surface area contributed by atoms with Crippen LogP contribution in [0, 0.1) is 0 Å². The number of fused-ring (bicyclic) bond motifs is 1. The number of hydrogen-bond acceptors (Lipinski definition) is 4. The van der Waals surface area contributed by atoms with Crippen molar-refractivity contribution in [3.05, 3.63) is 88.2 Å². The van der Waals surface area contributed by atoms with Crippen molar-refractivity contribution in [3.63, 3.8) is 0 Å². The molecule has 0 spiro atoms. The third-order valence-corrected chi connectivity index (χ3v) is 5.11. The van der Waals surface area contributed by atoms with E-state index in [9.17, 15) is 9.90 Å². The topological polar surface area (TPSA) is 84.4 Å². The summed E-state index contributed by atoms with van der Waals surface area (Å²) in [7, 11) is 0. The standard InChI is InChI=1S/C22H17BrN2O4/c23-16-6-2-1-5-15(16)12-28-20-11-14(22(26)27)9-10-19(20)29-13-21-24-17-7-3-4-8-18(17)25-21/h1-11H,12-13H2,(H,24,25)(H,26,27). The van der Waals surface area contributed by atoms with Crippen LogP contribution in [0.15, 0.2) is 71.2 Å². The lowest BCUT2D eigenvalue weighted by Gasteiger charge is -2.13. The van der Waals surface area contributed by atoms with Crippen molar-refractivity contribution in [2.45, 2.75) is 13.2 Å². The van der Waals surface area contributed by atoms with Crippen LogP contribution < -0.4 is 9.47 Å². The quantitative estimate of drug-likeness (QED) is 0.403. The maximum absolute atomic E-state index is 11.4. The lowest BCUT2D eigenvalue weighted by atomic mass is 10.2. The highest BCUT2D eigenvalue weighted by Crippen LogP contribution is 2.31. The number of nitrogens with zero attached hydrogens (tertiary/aromatic N) is 1. The first-order valence-electron chi connectivity index (χ1n) is 8.90. The van der Waals surface area contributed by atoms with Gasteiger partial charge in [-0.1, -0.05) is 46.3 Å². The van der Waals surface area contributed by atoms with Crippen LogP contribution in [0.25, 0.3) is 11.0 Å². The second-order valence-corrected chi connectivity index (χ2v) is 7.19. The van der Waals surface area contributed by atoms with E-state index in [1.54, 1.807) is 6.07 Å². The molecular formula is C22H17BrN2O4. The van der Waals surface area contributed by atoms with Crippen molar-refractivity contribution < 1.29 is 19.4 Å². The van der Waals surface area contributed by atoms with Gasteiger partial charge in [0.1, 0.15) is 19.0 Å². The minimum atomic E-state index is -1.03. The monoisotopic (exact) mass is 452 g/mol. The molecule has 0 radical (unpaired) electrons. The van der Waals surface area contributed by atoms with Gasteiger partial charge in [0.05, 0.1) is 16.6 Å². The normalized spacial score (nSPS) is 10.8. The molecule has 2 N–H and O–H groups in total. The van der Waals surface area contributed by atoms with Crippen LogP contribution in [0.3, 0.4) is 0 Å². The molecule has 0 saturated carbocycles. The third kappa shape index (κ3) is 4.41. The van der Waals surface area contributed by atoms with Gasteiger partial charge in [0, 0.05) is 10.0 Å². The molecule has 0 bridgehead atoms. The number of aromatic amines is 1. The summed E-state index contributed by atoms with van der Waals surface area (Å²) in [4.78, 5) is 19.0. The SMILES string of the molecule is O=C(O)c1ccc(OCc2nc3ccccc3[nH]2)c(OCc2ccccc2Br)c1. The summed E-state index contributed by atoms with van der Waals surface area (Å²) >= 11 is 3.49. The molecule has 0 aliphatic heterocycles. The molecule has 0 unspecified atom stereocenters. The number of rotatable bonds is 7. The second kappa shape index (κ2) is 8.36. The van der Waals surface area contributed by atoms with E-state index in [1.807, 2.05) is 48.5 Å². The molecule has 7 heteroatoms. The Labute approximate surface area is 175 Å². The molecule has 4 rings (SSSR count). The zero-order valence-corrected chi connectivity index (χ0v) is 16.8. The molecule has 4 aromatic rings. The second-order valence-electron chi connectivity index (χ2n) is 6.34. The summed E-state index contributed by atoms with van der Waals surface area (Å²) in [5.74, 6) is 0.448. The largest absolute Gasteiger partial charge is 0.485 e. The van der Waals surface area contributed by atoms with E-state index in [2.05, 4.69) is 25.9 Å². The van der Waals surface area contributed by atoms with Crippen molar-refractivity contribution in [1.82, 2.24) is 9.97 Å². The van der Waals surface area contributed by atoms with Crippen LogP contribution in [0.4, 0.5) is 0 Å². The van der Waals surface area contributed by atoms with Gasteiger partial charge in [-0.05, 0) is 36.4 Å². The number of nitrogens with one attached hydrogen (secondary N) is 1. The molecule has 0 saturated heterocycles. The molecule has 29 heavy (non-hydrogen) atoms. The number of ether oxygens (including phenoxy) is 2. The van der Waals surface area contributed by atoms with Crippen LogP contribution in [-0.2, 0) is 13.2 Å². The Kier molecular flexibility index (Phi) is 5.48. The summed E-state index contributed by atoms with van der Waals surface area (Å²) in [5, 5.41) is 9.30. The number of para-hydroxylation sites is 2. The zero-order chi connectivity index (χ0) is 20.2. The summed E-state index contributed by atoms with van der Waals surface area (Å²) in [5.41, 5.74) is 2.86. The van der Waals surface area contributed by atoms with Crippen molar-refractivity contribution in [2.75, 3.05) is 0 Å². The van der Waals surface area contributed by atoms with E-state index in [4.69, 9.17) is 9.47 Å². The van der Waals surface area contributed by atoms with Gasteiger partial charge in [0.15, 0.2) is 11.5 Å². The van der Waals surface area contributed by atoms with Gasteiger partial charge in [0.2, 0.25) is 0 Å². The Bertz CT molecular complexity index is 1140. The van der Waals surface area contributed by atoms with E-state index in [1.165, 1.54) is 12.1 Å². The van der Waals surface area contributed by atoms with Crippen molar-refractivity contribution in [2.24, 2.45) is 0 Å². The molecule has 0 aliphatic carbocycles. The molecule has 3 aromatic carbocycles. The molecule has 0 atom stereocenters. The van der Waals surface area contributed by atoms with E-state index < -0.39 is 5.97 Å². The maximum atomic E-state index is 11.4. The van der Waals surface area contributed by atoms with Crippen molar-refractivity contribution in [1.29, 1.82) is 0 Å². The number of halogens is 1. The summed E-state index contributed by atoms with van der Waals surface area (Å²) in [6.45, 7) is 0.470. The lowest BCUT2D eigenvalue weighted by Crippen LogP contribution is -2.04. The number of carboxylic acids is 1. The van der Waals surface area contributed by atoms with Gasteiger partial charge in [0.25, 0.3) is 0 Å². The number of imidazole rings is 1. The fourth-order valence-electron chi connectivity index (χ4n) is 2.86. The predicted octanol–water partition coefficient (Wildman–Crippen LogP) is 5.18. The van der Waals surface area contributed by atoms with Crippen molar-refractivity contribution in [3.8, 4) is 11.5 Å². The summed E-state index contributed by atoms with van der Waals surface area (Å²) in [6.07, 6.45) is 0. The first kappa shape index (κ1) is 19.0. The third-order valence-electron chi connectivity index (χ3n) is 4.33. The smallest absolute Gasteiger partial charge is 0.335 e. The Morgan fingerprint density at radius 2 is 1.72 bits per heavy atom. The molecule has 0 amide bonds. The van der Waals surface area contributed by atoms with Gasteiger partial charge in [-0.3, -0.25) is 0 Å². The summed E-state index contributed by atoms with van der Waals surface area (Å²) in [6, 6.07) is 20.0. The average Bonchev–Trinajstić information content (AvgIpc) is 3.15. The average molecular weight is 453 g/mol. The van der Waals surface area contributed by atoms with Crippen LogP contribution >= 0.6 is 15.9 Å². The Morgan fingerprint density at radius 3 is 2.52 bits per heavy atom.